The molecule has 0 radical (unpaired) electrons. The van der Waals surface area contributed by atoms with Crippen molar-refractivity contribution in [2.75, 3.05) is 38.0 Å². The van der Waals surface area contributed by atoms with E-state index in [1.165, 1.54) is 16.7 Å². The van der Waals surface area contributed by atoms with Crippen LogP contribution in [0, 0.1) is 0 Å². The van der Waals surface area contributed by atoms with Crippen molar-refractivity contribution in [1.29, 1.82) is 0 Å². The molecule has 0 aliphatic carbocycles. The molecule has 1 aliphatic rings. The molecule has 3 rings (SSSR count). The minimum atomic E-state index is 0.0144. The number of hydrogen-bond acceptors (Lipinski definition) is 3. The van der Waals surface area contributed by atoms with Crippen molar-refractivity contribution < 1.29 is 9.59 Å². The predicted octanol–water partition coefficient (Wildman–Crippen LogP) is 3.77. The SMILES string of the molecule is CCc1ccc(C(=O)N2CCN(CC(=O)Nc3c(CC)cccc3CC)CC2)cc1. The zero-order valence-corrected chi connectivity index (χ0v) is 18.4. The van der Waals surface area contributed by atoms with Gasteiger partial charge in [-0.2, -0.15) is 0 Å². The molecule has 5 nitrogen and oxygen atoms in total. The van der Waals surface area contributed by atoms with Crippen molar-refractivity contribution in [3.63, 3.8) is 0 Å². The van der Waals surface area contributed by atoms with Gasteiger partial charge in [0.2, 0.25) is 5.91 Å². The molecule has 0 aromatic heterocycles. The molecule has 1 fully saturated rings. The summed E-state index contributed by atoms with van der Waals surface area (Å²) in [7, 11) is 0. The lowest BCUT2D eigenvalue weighted by Gasteiger charge is -2.34. The number of benzene rings is 2. The van der Waals surface area contributed by atoms with E-state index in [-0.39, 0.29) is 11.8 Å². The van der Waals surface area contributed by atoms with Crippen molar-refractivity contribution in [3.05, 3.63) is 64.7 Å². The first-order valence-corrected chi connectivity index (χ1v) is 11.1. The maximum absolute atomic E-state index is 12.7. The molecular weight excluding hydrogens is 374 g/mol. The van der Waals surface area contributed by atoms with Gasteiger partial charge < -0.3 is 10.2 Å². The molecule has 0 unspecified atom stereocenters. The molecule has 30 heavy (non-hydrogen) atoms. The van der Waals surface area contributed by atoms with Gasteiger partial charge in [0.25, 0.3) is 5.91 Å². The van der Waals surface area contributed by atoms with Gasteiger partial charge in [-0.15, -0.1) is 0 Å². The lowest BCUT2D eigenvalue weighted by Crippen LogP contribution is -2.50. The van der Waals surface area contributed by atoms with E-state index in [2.05, 4.69) is 49.2 Å². The number of para-hydroxylation sites is 1. The lowest BCUT2D eigenvalue weighted by molar-refractivity contribution is -0.117. The molecule has 1 N–H and O–H groups in total. The molecule has 0 atom stereocenters. The first kappa shape index (κ1) is 22.0. The minimum Gasteiger partial charge on any atom is -0.336 e. The topological polar surface area (TPSA) is 52.7 Å². The van der Waals surface area contributed by atoms with Crippen molar-refractivity contribution in [3.8, 4) is 0 Å². The maximum atomic E-state index is 12.7. The Morgan fingerprint density at radius 2 is 1.43 bits per heavy atom. The Morgan fingerprint density at radius 3 is 1.97 bits per heavy atom. The van der Waals surface area contributed by atoms with Crippen molar-refractivity contribution in [2.24, 2.45) is 0 Å². The van der Waals surface area contributed by atoms with Crippen LogP contribution >= 0.6 is 0 Å². The van der Waals surface area contributed by atoms with E-state index in [9.17, 15) is 9.59 Å². The Kier molecular flexibility index (Phi) is 7.63. The predicted molar refractivity (Wildman–Crippen MR) is 122 cm³/mol. The van der Waals surface area contributed by atoms with Gasteiger partial charge in [0.15, 0.2) is 0 Å². The van der Waals surface area contributed by atoms with E-state index in [1.54, 1.807) is 0 Å². The first-order chi connectivity index (χ1) is 14.5. The molecule has 1 aliphatic heterocycles. The third kappa shape index (κ3) is 5.28. The Bertz CT molecular complexity index is 846. The quantitative estimate of drug-likeness (QED) is 0.760. The fourth-order valence-electron chi connectivity index (χ4n) is 3.96. The van der Waals surface area contributed by atoms with E-state index in [1.807, 2.05) is 29.2 Å². The summed E-state index contributed by atoms with van der Waals surface area (Å²) in [6.45, 7) is 9.39. The molecule has 1 heterocycles. The van der Waals surface area contributed by atoms with Crippen molar-refractivity contribution in [2.45, 2.75) is 40.0 Å². The highest BCUT2D eigenvalue weighted by molar-refractivity contribution is 5.95. The fourth-order valence-corrected chi connectivity index (χ4v) is 3.96. The summed E-state index contributed by atoms with van der Waals surface area (Å²) in [4.78, 5) is 29.4. The number of carbonyl (C=O) groups is 2. The third-order valence-electron chi connectivity index (χ3n) is 5.90. The summed E-state index contributed by atoms with van der Waals surface area (Å²) < 4.78 is 0. The summed E-state index contributed by atoms with van der Waals surface area (Å²) >= 11 is 0. The number of nitrogens with zero attached hydrogens (tertiary/aromatic N) is 2. The Morgan fingerprint density at radius 1 is 0.833 bits per heavy atom. The molecule has 1 saturated heterocycles. The number of rotatable bonds is 7. The van der Waals surface area contributed by atoms with E-state index < -0.39 is 0 Å². The summed E-state index contributed by atoms with van der Waals surface area (Å²) in [5.74, 6) is 0.0896. The minimum absolute atomic E-state index is 0.0144. The largest absolute Gasteiger partial charge is 0.336 e. The Hall–Kier alpha value is -2.66. The zero-order chi connectivity index (χ0) is 21.5. The summed E-state index contributed by atoms with van der Waals surface area (Å²) in [5, 5.41) is 3.14. The van der Waals surface area contributed by atoms with Crippen LogP contribution in [0.15, 0.2) is 42.5 Å². The second-order valence-electron chi connectivity index (χ2n) is 7.83. The van der Waals surface area contributed by atoms with Gasteiger partial charge in [-0.1, -0.05) is 51.1 Å². The monoisotopic (exact) mass is 407 g/mol. The van der Waals surface area contributed by atoms with Crippen LogP contribution in [0.3, 0.4) is 0 Å². The number of anilines is 1. The molecule has 0 spiro atoms. The normalized spacial score (nSPS) is 14.6. The number of aryl methyl sites for hydroxylation is 3. The average molecular weight is 408 g/mol. The molecule has 160 valence electrons. The summed E-state index contributed by atoms with van der Waals surface area (Å²) in [5.41, 5.74) is 5.29. The van der Waals surface area contributed by atoms with Gasteiger partial charge in [0.05, 0.1) is 6.54 Å². The van der Waals surface area contributed by atoms with Crippen LogP contribution in [0.25, 0.3) is 0 Å². The van der Waals surface area contributed by atoms with E-state index in [0.29, 0.717) is 32.7 Å². The molecule has 2 aromatic rings. The van der Waals surface area contributed by atoms with Gasteiger partial charge in [-0.05, 0) is 48.1 Å². The van der Waals surface area contributed by atoms with Crippen molar-refractivity contribution in [1.82, 2.24) is 9.80 Å². The van der Waals surface area contributed by atoms with E-state index >= 15 is 0 Å². The lowest BCUT2D eigenvalue weighted by atomic mass is 10.0. The second-order valence-corrected chi connectivity index (χ2v) is 7.83. The van der Waals surface area contributed by atoms with Crippen LogP contribution in [0.2, 0.25) is 0 Å². The average Bonchev–Trinajstić information content (AvgIpc) is 2.79. The van der Waals surface area contributed by atoms with Gasteiger partial charge >= 0.3 is 0 Å². The second kappa shape index (κ2) is 10.4. The maximum Gasteiger partial charge on any atom is 0.253 e. The number of piperazine rings is 1. The molecule has 0 saturated carbocycles. The molecule has 0 bridgehead atoms. The highest BCUT2D eigenvalue weighted by Gasteiger charge is 2.23. The highest BCUT2D eigenvalue weighted by Crippen LogP contribution is 2.22. The smallest absolute Gasteiger partial charge is 0.253 e. The van der Waals surface area contributed by atoms with Crippen LogP contribution in [0.5, 0.6) is 0 Å². The fraction of sp³-hybridized carbons (Fsp3) is 0.440. The van der Waals surface area contributed by atoms with Crippen LogP contribution in [-0.4, -0.2) is 54.3 Å². The van der Waals surface area contributed by atoms with Crippen LogP contribution in [-0.2, 0) is 24.1 Å². The zero-order valence-electron chi connectivity index (χ0n) is 18.4. The first-order valence-electron chi connectivity index (χ1n) is 11.1. The molecule has 5 heteroatoms. The van der Waals surface area contributed by atoms with Crippen LogP contribution in [0.1, 0.15) is 47.8 Å². The summed E-state index contributed by atoms with van der Waals surface area (Å²) in [6, 6.07) is 14.1. The molecule has 2 amide bonds. The standard InChI is InChI=1S/C25H33N3O2/c1-4-19-10-12-22(13-11-19)25(30)28-16-14-27(15-17-28)18-23(29)26-24-20(5-2)8-7-9-21(24)6-3/h7-13H,4-6,14-18H2,1-3H3,(H,26,29). The molecular formula is C25H33N3O2. The number of carbonyl (C=O) groups excluding carboxylic acids is 2. The Balaban J connectivity index is 1.53. The number of hydrogen-bond donors (Lipinski definition) is 1. The number of nitrogens with one attached hydrogen (secondary N) is 1. The number of amides is 2. The van der Waals surface area contributed by atoms with Crippen LogP contribution < -0.4 is 5.32 Å². The van der Waals surface area contributed by atoms with E-state index in [0.717, 1.165) is 30.5 Å². The summed E-state index contributed by atoms with van der Waals surface area (Å²) in [6.07, 6.45) is 2.75. The van der Waals surface area contributed by atoms with E-state index in [4.69, 9.17) is 0 Å². The van der Waals surface area contributed by atoms with Gasteiger partial charge in [0, 0.05) is 37.4 Å². The molecule has 2 aromatic carbocycles. The van der Waals surface area contributed by atoms with Crippen LogP contribution in [0.4, 0.5) is 5.69 Å². The third-order valence-corrected chi connectivity index (χ3v) is 5.90. The van der Waals surface area contributed by atoms with Gasteiger partial charge in [-0.3, -0.25) is 14.5 Å². The highest BCUT2D eigenvalue weighted by atomic mass is 16.2. The van der Waals surface area contributed by atoms with Gasteiger partial charge in [0.1, 0.15) is 0 Å². The Labute approximate surface area is 180 Å². The van der Waals surface area contributed by atoms with Gasteiger partial charge in [-0.25, -0.2) is 0 Å². The van der Waals surface area contributed by atoms with Crippen molar-refractivity contribution >= 4 is 17.5 Å².